The van der Waals surface area contributed by atoms with Gasteiger partial charge in [-0.25, -0.2) is 4.79 Å². The number of hydrogen-bond acceptors (Lipinski definition) is 2. The Morgan fingerprint density at radius 1 is 1.47 bits per heavy atom. The molecule has 0 bridgehead atoms. The second kappa shape index (κ2) is 5.51. The molecule has 1 atom stereocenters. The Labute approximate surface area is 109 Å². The van der Waals surface area contributed by atoms with Gasteiger partial charge in [-0.15, -0.1) is 0 Å². The highest BCUT2D eigenvalue weighted by Crippen LogP contribution is 2.22. The van der Waals surface area contributed by atoms with Crippen LogP contribution in [0.1, 0.15) is 12.8 Å². The van der Waals surface area contributed by atoms with Crippen LogP contribution in [0, 0.1) is 0 Å². The van der Waals surface area contributed by atoms with Crippen LogP contribution in [0.3, 0.4) is 0 Å². The van der Waals surface area contributed by atoms with Gasteiger partial charge in [-0.1, -0.05) is 12.1 Å². The van der Waals surface area contributed by atoms with E-state index in [1.54, 1.807) is 4.90 Å². The van der Waals surface area contributed by atoms with Crippen LogP contribution < -0.4 is 5.32 Å². The van der Waals surface area contributed by atoms with Crippen LogP contribution in [0.5, 0.6) is 0 Å². The molecule has 0 radical (unpaired) electrons. The fraction of sp³-hybridized carbons (Fsp3) is 0.417. The van der Waals surface area contributed by atoms with Crippen molar-refractivity contribution < 1.29 is 9.90 Å². The van der Waals surface area contributed by atoms with Gasteiger partial charge in [0.15, 0.2) is 0 Å². The highest BCUT2D eigenvalue weighted by molar-refractivity contribution is 9.10. The molecule has 1 aromatic rings. The molecular formula is C12H15BrN2O2. The van der Waals surface area contributed by atoms with E-state index < -0.39 is 6.10 Å². The van der Waals surface area contributed by atoms with Crippen molar-refractivity contribution in [3.63, 3.8) is 0 Å². The van der Waals surface area contributed by atoms with Gasteiger partial charge in [0.1, 0.15) is 0 Å². The molecule has 1 fully saturated rings. The van der Waals surface area contributed by atoms with Gasteiger partial charge in [-0.2, -0.15) is 0 Å². The molecule has 1 heterocycles. The minimum atomic E-state index is -0.395. The van der Waals surface area contributed by atoms with Gasteiger partial charge in [0.2, 0.25) is 0 Å². The van der Waals surface area contributed by atoms with Crippen LogP contribution >= 0.6 is 15.9 Å². The minimum absolute atomic E-state index is 0.157. The fourth-order valence-corrected chi connectivity index (χ4v) is 2.28. The number of carbonyl (C=O) groups excluding carboxylic acids is 1. The number of piperidine rings is 1. The normalized spacial score (nSPS) is 20.1. The average Bonchev–Trinajstić information content (AvgIpc) is 2.32. The molecule has 0 spiro atoms. The van der Waals surface area contributed by atoms with Gasteiger partial charge >= 0.3 is 6.03 Å². The Bertz CT molecular complexity index is 411. The van der Waals surface area contributed by atoms with E-state index in [4.69, 9.17) is 0 Å². The zero-order valence-electron chi connectivity index (χ0n) is 9.40. The molecule has 1 aliphatic heterocycles. The molecule has 17 heavy (non-hydrogen) atoms. The molecular weight excluding hydrogens is 284 g/mol. The number of halogens is 1. The summed E-state index contributed by atoms with van der Waals surface area (Å²) in [5, 5.41) is 12.3. The molecule has 1 saturated heterocycles. The number of amides is 2. The number of rotatable bonds is 1. The smallest absolute Gasteiger partial charge is 0.321 e. The van der Waals surface area contributed by atoms with E-state index in [1.165, 1.54) is 0 Å². The Balaban J connectivity index is 1.99. The molecule has 2 amide bonds. The molecule has 5 heteroatoms. The Kier molecular flexibility index (Phi) is 4.02. The number of nitrogens with one attached hydrogen (secondary N) is 1. The molecule has 0 aromatic heterocycles. The van der Waals surface area contributed by atoms with Crippen LogP contribution in [0.25, 0.3) is 0 Å². The molecule has 1 unspecified atom stereocenters. The number of likely N-dealkylation sites (tertiary alicyclic amines) is 1. The number of hydrogen-bond donors (Lipinski definition) is 2. The molecule has 2 rings (SSSR count). The molecule has 4 nitrogen and oxygen atoms in total. The maximum absolute atomic E-state index is 11.9. The topological polar surface area (TPSA) is 52.6 Å². The predicted molar refractivity (Wildman–Crippen MR) is 70.0 cm³/mol. The van der Waals surface area contributed by atoms with E-state index in [9.17, 15) is 9.90 Å². The first-order chi connectivity index (χ1) is 8.16. The summed E-state index contributed by atoms with van der Waals surface area (Å²) in [6, 6.07) is 7.31. The summed E-state index contributed by atoms with van der Waals surface area (Å²) in [5.74, 6) is 0. The predicted octanol–water partition coefficient (Wildman–Crippen LogP) is 2.44. The van der Waals surface area contributed by atoms with Crippen molar-refractivity contribution in [3.8, 4) is 0 Å². The maximum atomic E-state index is 11.9. The van der Waals surface area contributed by atoms with Gasteiger partial charge in [-0.3, -0.25) is 0 Å². The number of aliphatic hydroxyl groups is 1. The van der Waals surface area contributed by atoms with E-state index in [-0.39, 0.29) is 6.03 Å². The Hall–Kier alpha value is -1.07. The number of anilines is 1. The maximum Gasteiger partial charge on any atom is 0.321 e. The fourth-order valence-electron chi connectivity index (χ4n) is 1.90. The molecule has 0 saturated carbocycles. The van der Waals surface area contributed by atoms with Gasteiger partial charge in [0, 0.05) is 17.6 Å². The quantitative estimate of drug-likeness (QED) is 0.837. The van der Waals surface area contributed by atoms with Crippen molar-refractivity contribution in [2.24, 2.45) is 0 Å². The van der Waals surface area contributed by atoms with Crippen molar-refractivity contribution in [3.05, 3.63) is 28.7 Å². The zero-order chi connectivity index (χ0) is 12.3. The number of para-hydroxylation sites is 1. The number of urea groups is 1. The number of benzene rings is 1. The summed E-state index contributed by atoms with van der Waals surface area (Å²) >= 11 is 3.38. The molecule has 1 aliphatic rings. The van der Waals surface area contributed by atoms with Crippen molar-refractivity contribution >= 4 is 27.6 Å². The second-order valence-corrected chi connectivity index (χ2v) is 5.01. The van der Waals surface area contributed by atoms with E-state index >= 15 is 0 Å². The van der Waals surface area contributed by atoms with Crippen molar-refractivity contribution in [2.75, 3.05) is 18.4 Å². The lowest BCUT2D eigenvalue weighted by Gasteiger charge is -2.30. The van der Waals surface area contributed by atoms with Crippen LogP contribution in [0.15, 0.2) is 28.7 Å². The summed E-state index contributed by atoms with van der Waals surface area (Å²) in [6.45, 7) is 1.11. The van der Waals surface area contributed by atoms with Crippen molar-refractivity contribution in [1.29, 1.82) is 0 Å². The summed E-state index contributed by atoms with van der Waals surface area (Å²) in [5.41, 5.74) is 0.748. The highest BCUT2D eigenvalue weighted by atomic mass is 79.9. The number of carbonyl (C=O) groups is 1. The largest absolute Gasteiger partial charge is 0.391 e. The number of nitrogens with zero attached hydrogens (tertiary/aromatic N) is 1. The van der Waals surface area contributed by atoms with Gasteiger partial charge in [0.25, 0.3) is 0 Å². The van der Waals surface area contributed by atoms with E-state index in [1.807, 2.05) is 24.3 Å². The van der Waals surface area contributed by atoms with Crippen LogP contribution in [0.2, 0.25) is 0 Å². The van der Waals surface area contributed by atoms with Crippen molar-refractivity contribution in [1.82, 2.24) is 4.90 Å². The Morgan fingerprint density at radius 3 is 2.94 bits per heavy atom. The Morgan fingerprint density at radius 2 is 2.24 bits per heavy atom. The van der Waals surface area contributed by atoms with E-state index in [0.717, 1.165) is 23.0 Å². The molecule has 92 valence electrons. The molecule has 0 aliphatic carbocycles. The lowest BCUT2D eigenvalue weighted by atomic mass is 10.1. The van der Waals surface area contributed by atoms with Gasteiger partial charge in [-0.05, 0) is 40.9 Å². The lowest BCUT2D eigenvalue weighted by molar-refractivity contribution is 0.0883. The molecule has 2 N–H and O–H groups in total. The third-order valence-electron chi connectivity index (χ3n) is 2.80. The summed E-state index contributed by atoms with van der Waals surface area (Å²) in [7, 11) is 0. The summed E-state index contributed by atoms with van der Waals surface area (Å²) in [6.07, 6.45) is 1.23. The van der Waals surface area contributed by atoms with Crippen LogP contribution in [-0.4, -0.2) is 35.2 Å². The lowest BCUT2D eigenvalue weighted by Crippen LogP contribution is -2.44. The average molecular weight is 299 g/mol. The number of aliphatic hydroxyl groups excluding tert-OH is 1. The summed E-state index contributed by atoms with van der Waals surface area (Å²) < 4.78 is 0.853. The van der Waals surface area contributed by atoms with Gasteiger partial charge < -0.3 is 15.3 Å². The zero-order valence-corrected chi connectivity index (χ0v) is 11.0. The standard InChI is InChI=1S/C12H15BrN2O2/c13-10-5-1-2-6-11(10)14-12(17)15-7-3-4-9(16)8-15/h1-2,5-6,9,16H,3-4,7-8H2,(H,14,17). The third kappa shape index (κ3) is 3.20. The highest BCUT2D eigenvalue weighted by Gasteiger charge is 2.22. The third-order valence-corrected chi connectivity index (χ3v) is 3.49. The van der Waals surface area contributed by atoms with Crippen LogP contribution in [0.4, 0.5) is 10.5 Å². The SMILES string of the molecule is O=C(Nc1ccccc1Br)N1CCCC(O)C1. The van der Waals surface area contributed by atoms with E-state index in [2.05, 4.69) is 21.2 Å². The van der Waals surface area contributed by atoms with Crippen LogP contribution in [-0.2, 0) is 0 Å². The number of β-amino-alcohol motifs (C(OH)–C–C–N with tert-alkyl or cyclic N) is 1. The second-order valence-electron chi connectivity index (χ2n) is 4.15. The first kappa shape index (κ1) is 12.4. The van der Waals surface area contributed by atoms with Gasteiger partial charge in [0.05, 0.1) is 11.8 Å². The summed E-state index contributed by atoms with van der Waals surface area (Å²) in [4.78, 5) is 13.6. The molecule has 1 aromatic carbocycles. The first-order valence-corrected chi connectivity index (χ1v) is 6.44. The minimum Gasteiger partial charge on any atom is -0.391 e. The first-order valence-electron chi connectivity index (χ1n) is 5.65. The monoisotopic (exact) mass is 298 g/mol. The van der Waals surface area contributed by atoms with Crippen molar-refractivity contribution in [2.45, 2.75) is 18.9 Å². The van der Waals surface area contributed by atoms with E-state index in [0.29, 0.717) is 13.1 Å².